The third-order valence-electron chi connectivity index (χ3n) is 4.87. The van der Waals surface area contributed by atoms with Crippen molar-refractivity contribution in [1.29, 1.82) is 0 Å². The van der Waals surface area contributed by atoms with Gasteiger partial charge in [0.1, 0.15) is 11.4 Å². The summed E-state index contributed by atoms with van der Waals surface area (Å²) < 4.78 is 1.73. The van der Waals surface area contributed by atoms with Gasteiger partial charge < -0.3 is 15.3 Å². The van der Waals surface area contributed by atoms with E-state index in [9.17, 15) is 5.11 Å². The van der Waals surface area contributed by atoms with Crippen molar-refractivity contribution in [3.8, 4) is 28.3 Å². The summed E-state index contributed by atoms with van der Waals surface area (Å²) in [5.74, 6) is 0.760. The zero-order valence-corrected chi connectivity index (χ0v) is 17.6. The summed E-state index contributed by atoms with van der Waals surface area (Å²) in [6.07, 6.45) is 4.61. The number of rotatable bonds is 5. The second-order valence-corrected chi connectivity index (χ2v) is 7.50. The third kappa shape index (κ3) is 4.65. The summed E-state index contributed by atoms with van der Waals surface area (Å²) in [6.45, 7) is 6.10. The SMILES string of the molecule is CC(C)NC1CCN(c2ncc(-c3ccc(-c4ccn(C)n4)cc3O)nn2)C1.Cl. The Balaban J connectivity index is 0.00000240. The molecule has 1 saturated heterocycles. The van der Waals surface area contributed by atoms with Crippen LogP contribution in [0.15, 0.2) is 36.7 Å². The Labute approximate surface area is 176 Å². The molecule has 0 saturated carbocycles. The van der Waals surface area contributed by atoms with Crippen LogP contribution in [0.3, 0.4) is 0 Å². The highest BCUT2D eigenvalue weighted by atomic mass is 35.5. The number of phenolic OH excluding ortho intramolecular Hbond substituents is 1. The van der Waals surface area contributed by atoms with Crippen molar-refractivity contribution in [3.63, 3.8) is 0 Å². The zero-order chi connectivity index (χ0) is 19.7. The number of aromatic hydroxyl groups is 1. The first-order chi connectivity index (χ1) is 13.5. The van der Waals surface area contributed by atoms with Crippen LogP contribution < -0.4 is 10.2 Å². The van der Waals surface area contributed by atoms with Crippen molar-refractivity contribution >= 4 is 18.4 Å². The van der Waals surface area contributed by atoms with Crippen LogP contribution >= 0.6 is 12.4 Å². The van der Waals surface area contributed by atoms with E-state index in [0.717, 1.165) is 30.8 Å². The van der Waals surface area contributed by atoms with E-state index in [1.807, 2.05) is 31.4 Å². The lowest BCUT2D eigenvalue weighted by atomic mass is 10.1. The molecule has 8 nitrogen and oxygen atoms in total. The van der Waals surface area contributed by atoms with Crippen molar-refractivity contribution in [3.05, 3.63) is 36.7 Å². The molecule has 1 aliphatic heterocycles. The summed E-state index contributed by atoms with van der Waals surface area (Å²) in [5, 5.41) is 26.9. The normalized spacial score (nSPS) is 16.3. The molecule has 1 aliphatic rings. The molecule has 0 bridgehead atoms. The minimum atomic E-state index is 0. The fourth-order valence-electron chi connectivity index (χ4n) is 3.56. The largest absolute Gasteiger partial charge is 0.507 e. The number of hydrogen-bond donors (Lipinski definition) is 2. The van der Waals surface area contributed by atoms with E-state index >= 15 is 0 Å². The lowest BCUT2D eigenvalue weighted by molar-refractivity contribution is 0.477. The average molecular weight is 416 g/mol. The van der Waals surface area contributed by atoms with Crippen LogP contribution in [0.25, 0.3) is 22.5 Å². The van der Waals surface area contributed by atoms with Gasteiger partial charge in [-0.25, -0.2) is 4.98 Å². The van der Waals surface area contributed by atoms with E-state index < -0.39 is 0 Å². The third-order valence-corrected chi connectivity index (χ3v) is 4.87. The Hall–Kier alpha value is -2.71. The summed E-state index contributed by atoms with van der Waals surface area (Å²) in [4.78, 5) is 6.61. The minimum absolute atomic E-state index is 0. The van der Waals surface area contributed by atoms with Crippen molar-refractivity contribution in [2.45, 2.75) is 32.4 Å². The molecular formula is C20H26ClN7O. The van der Waals surface area contributed by atoms with Gasteiger partial charge in [0.15, 0.2) is 0 Å². The summed E-state index contributed by atoms with van der Waals surface area (Å²) >= 11 is 0. The molecule has 0 amide bonds. The highest BCUT2D eigenvalue weighted by Crippen LogP contribution is 2.31. The van der Waals surface area contributed by atoms with Crippen molar-refractivity contribution in [2.24, 2.45) is 7.05 Å². The van der Waals surface area contributed by atoms with E-state index in [4.69, 9.17) is 0 Å². The number of aryl methyl sites for hydroxylation is 1. The van der Waals surface area contributed by atoms with Gasteiger partial charge in [-0.05, 0) is 24.6 Å². The zero-order valence-electron chi connectivity index (χ0n) is 16.8. The van der Waals surface area contributed by atoms with Crippen LogP contribution in [0, 0.1) is 0 Å². The summed E-state index contributed by atoms with van der Waals surface area (Å²) in [5.41, 5.74) is 2.81. The number of aromatic nitrogens is 5. The highest BCUT2D eigenvalue weighted by molar-refractivity contribution is 5.85. The topological polar surface area (TPSA) is 92.0 Å². The van der Waals surface area contributed by atoms with Crippen LogP contribution in [0.1, 0.15) is 20.3 Å². The van der Waals surface area contributed by atoms with Crippen LogP contribution in [-0.4, -0.2) is 55.2 Å². The molecular weight excluding hydrogens is 390 g/mol. The molecule has 1 aromatic carbocycles. The van der Waals surface area contributed by atoms with Crippen LogP contribution in [-0.2, 0) is 7.05 Å². The van der Waals surface area contributed by atoms with Crippen molar-refractivity contribution in [1.82, 2.24) is 30.3 Å². The smallest absolute Gasteiger partial charge is 0.245 e. The Morgan fingerprint density at radius 2 is 2.00 bits per heavy atom. The molecule has 3 aromatic rings. The molecule has 29 heavy (non-hydrogen) atoms. The second-order valence-electron chi connectivity index (χ2n) is 7.50. The maximum atomic E-state index is 10.5. The highest BCUT2D eigenvalue weighted by Gasteiger charge is 2.25. The van der Waals surface area contributed by atoms with Gasteiger partial charge in [0.05, 0.1) is 11.9 Å². The molecule has 2 aromatic heterocycles. The van der Waals surface area contributed by atoms with Gasteiger partial charge >= 0.3 is 0 Å². The number of nitrogens with zero attached hydrogens (tertiary/aromatic N) is 6. The van der Waals surface area contributed by atoms with Crippen LogP contribution in [0.4, 0.5) is 5.95 Å². The molecule has 154 valence electrons. The van der Waals surface area contributed by atoms with Crippen molar-refractivity contribution < 1.29 is 5.11 Å². The van der Waals surface area contributed by atoms with Crippen LogP contribution in [0.5, 0.6) is 5.75 Å². The maximum Gasteiger partial charge on any atom is 0.245 e. The molecule has 0 spiro atoms. The summed E-state index contributed by atoms with van der Waals surface area (Å²) in [7, 11) is 1.86. The van der Waals surface area contributed by atoms with Gasteiger partial charge in [-0.3, -0.25) is 4.68 Å². The van der Waals surface area contributed by atoms with E-state index in [2.05, 4.69) is 44.3 Å². The molecule has 2 N–H and O–H groups in total. The first kappa shape index (κ1) is 21.0. The van der Waals surface area contributed by atoms with Crippen molar-refractivity contribution in [2.75, 3.05) is 18.0 Å². The Bertz CT molecular complexity index is 958. The van der Waals surface area contributed by atoms with E-state index in [1.165, 1.54) is 0 Å². The van der Waals surface area contributed by atoms with Gasteiger partial charge in [-0.15, -0.1) is 22.6 Å². The van der Waals surface area contributed by atoms with Gasteiger partial charge in [0.2, 0.25) is 5.95 Å². The molecule has 0 aliphatic carbocycles. The van der Waals surface area contributed by atoms with Gasteiger partial charge in [-0.2, -0.15) is 5.10 Å². The predicted octanol–water partition coefficient (Wildman–Crippen LogP) is 2.64. The number of phenols is 1. The standard InChI is InChI=1S/C20H25N7O.ClH/c1-13(2)22-15-6-9-27(12-15)20-21-11-18(23-24-20)16-5-4-14(10-19(16)28)17-7-8-26(3)25-17;/h4-5,7-8,10-11,13,15,22,28H,6,9,12H2,1-3H3;1H. The number of halogens is 1. The fourth-order valence-corrected chi connectivity index (χ4v) is 3.56. The predicted molar refractivity (Wildman–Crippen MR) is 115 cm³/mol. The molecule has 1 unspecified atom stereocenters. The Kier molecular flexibility index (Phi) is 6.34. The Morgan fingerprint density at radius 3 is 2.62 bits per heavy atom. The van der Waals surface area contributed by atoms with Gasteiger partial charge in [0, 0.05) is 49.5 Å². The van der Waals surface area contributed by atoms with Gasteiger partial charge in [-0.1, -0.05) is 19.9 Å². The van der Waals surface area contributed by atoms with E-state index in [0.29, 0.717) is 29.3 Å². The van der Waals surface area contributed by atoms with Gasteiger partial charge in [0.25, 0.3) is 0 Å². The number of hydrogen-bond acceptors (Lipinski definition) is 7. The molecule has 1 atom stereocenters. The molecule has 9 heteroatoms. The lowest BCUT2D eigenvalue weighted by Gasteiger charge is -2.18. The number of nitrogens with one attached hydrogen (secondary N) is 1. The second kappa shape index (κ2) is 8.75. The molecule has 3 heterocycles. The van der Waals surface area contributed by atoms with Crippen LogP contribution in [0.2, 0.25) is 0 Å². The first-order valence-corrected chi connectivity index (χ1v) is 9.53. The first-order valence-electron chi connectivity index (χ1n) is 9.53. The molecule has 1 fully saturated rings. The lowest BCUT2D eigenvalue weighted by Crippen LogP contribution is -2.37. The Morgan fingerprint density at radius 1 is 1.17 bits per heavy atom. The number of benzene rings is 1. The molecule has 0 radical (unpaired) electrons. The fraction of sp³-hybridized carbons (Fsp3) is 0.400. The maximum absolute atomic E-state index is 10.5. The van der Waals surface area contributed by atoms with E-state index in [-0.39, 0.29) is 18.2 Å². The minimum Gasteiger partial charge on any atom is -0.507 e. The monoisotopic (exact) mass is 415 g/mol. The quantitative estimate of drug-likeness (QED) is 0.661. The summed E-state index contributed by atoms with van der Waals surface area (Å²) in [6, 6.07) is 8.24. The number of anilines is 1. The molecule has 4 rings (SSSR count). The average Bonchev–Trinajstić information content (AvgIpc) is 3.30. The van der Waals surface area contributed by atoms with E-state index in [1.54, 1.807) is 16.9 Å².